The third kappa shape index (κ3) is 5.13. The first-order valence-corrected chi connectivity index (χ1v) is 6.15. The number of rotatable bonds is 7. The highest BCUT2D eigenvalue weighted by molar-refractivity contribution is 5.74. The van der Waals surface area contributed by atoms with Crippen LogP contribution in [0.5, 0.6) is 0 Å². The Morgan fingerprint density at radius 1 is 1.39 bits per heavy atom. The quantitative estimate of drug-likeness (QED) is 0.736. The van der Waals surface area contributed by atoms with Crippen LogP contribution in [0.3, 0.4) is 0 Å². The van der Waals surface area contributed by atoms with Gasteiger partial charge in [-0.15, -0.1) is 5.10 Å². The molecule has 0 bridgehead atoms. The van der Waals surface area contributed by atoms with Crippen LogP contribution in [0.25, 0.3) is 0 Å². The molecule has 0 unspecified atom stereocenters. The van der Waals surface area contributed by atoms with E-state index in [9.17, 15) is 4.79 Å². The summed E-state index contributed by atoms with van der Waals surface area (Å²) >= 11 is 0. The van der Waals surface area contributed by atoms with Crippen LogP contribution in [0.1, 0.15) is 6.92 Å². The van der Waals surface area contributed by atoms with Gasteiger partial charge in [0.05, 0.1) is 12.7 Å². The van der Waals surface area contributed by atoms with Gasteiger partial charge in [-0.2, -0.15) is 0 Å². The molecule has 0 saturated carbocycles. The van der Waals surface area contributed by atoms with Gasteiger partial charge in [-0.05, 0) is 21.0 Å². The van der Waals surface area contributed by atoms with Gasteiger partial charge in [0.25, 0.3) is 0 Å². The molecule has 0 aromatic carbocycles. The number of hydrogen-bond donors (Lipinski definition) is 1. The van der Waals surface area contributed by atoms with Crippen molar-refractivity contribution in [3.8, 4) is 0 Å². The van der Waals surface area contributed by atoms with E-state index in [1.165, 1.54) is 0 Å². The molecule has 1 heterocycles. The Balaban J connectivity index is 2.24. The van der Waals surface area contributed by atoms with Gasteiger partial charge in [-0.1, -0.05) is 5.21 Å². The minimum Gasteiger partial charge on any atom is -0.336 e. The van der Waals surface area contributed by atoms with Crippen molar-refractivity contribution < 1.29 is 4.79 Å². The van der Waals surface area contributed by atoms with Crippen molar-refractivity contribution in [1.82, 2.24) is 30.1 Å². The number of urea groups is 1. The van der Waals surface area contributed by atoms with Gasteiger partial charge < -0.3 is 15.1 Å². The second kappa shape index (κ2) is 7.65. The third-order valence-electron chi connectivity index (χ3n) is 2.58. The fraction of sp³-hybridized carbons (Fsp3) is 0.727. The topological polar surface area (TPSA) is 66.3 Å². The normalized spacial score (nSPS) is 10.7. The summed E-state index contributed by atoms with van der Waals surface area (Å²) < 4.78 is 1.69. The molecule has 2 amide bonds. The Kier molecular flexibility index (Phi) is 6.13. The lowest BCUT2D eigenvalue weighted by molar-refractivity contribution is 0.194. The molecular formula is C11H22N6O. The first-order chi connectivity index (χ1) is 8.63. The second-order valence-corrected chi connectivity index (χ2v) is 4.28. The van der Waals surface area contributed by atoms with Crippen molar-refractivity contribution >= 4 is 6.03 Å². The van der Waals surface area contributed by atoms with E-state index in [0.29, 0.717) is 19.6 Å². The van der Waals surface area contributed by atoms with Crippen LogP contribution in [-0.4, -0.2) is 71.1 Å². The summed E-state index contributed by atoms with van der Waals surface area (Å²) in [5.41, 5.74) is 0. The smallest absolute Gasteiger partial charge is 0.317 e. The molecule has 0 aliphatic carbocycles. The maximum Gasteiger partial charge on any atom is 0.317 e. The van der Waals surface area contributed by atoms with Gasteiger partial charge in [-0.3, -0.25) is 4.68 Å². The standard InChI is InChI=1S/C11H22N6O/c1-4-16(10-9-15(2)3)11(18)12-5-7-17-8-6-13-14-17/h6,8H,4-5,7,9-10H2,1-3H3,(H,12,18). The van der Waals surface area contributed by atoms with Crippen molar-refractivity contribution in [3.63, 3.8) is 0 Å². The molecule has 1 aromatic heterocycles. The van der Waals surface area contributed by atoms with Crippen molar-refractivity contribution in [1.29, 1.82) is 0 Å². The Hall–Kier alpha value is -1.63. The summed E-state index contributed by atoms with van der Waals surface area (Å²) in [6.45, 7) is 5.48. The van der Waals surface area contributed by atoms with E-state index in [1.54, 1.807) is 22.0 Å². The highest BCUT2D eigenvalue weighted by atomic mass is 16.2. The van der Waals surface area contributed by atoms with E-state index >= 15 is 0 Å². The average molecular weight is 254 g/mol. The Morgan fingerprint density at radius 3 is 2.72 bits per heavy atom. The predicted octanol–water partition coefficient (Wildman–Crippen LogP) is -0.129. The molecule has 1 rings (SSSR count). The number of nitrogens with one attached hydrogen (secondary N) is 1. The fourth-order valence-electron chi connectivity index (χ4n) is 1.47. The second-order valence-electron chi connectivity index (χ2n) is 4.28. The molecule has 1 N–H and O–H groups in total. The molecule has 0 aliphatic rings. The summed E-state index contributed by atoms with van der Waals surface area (Å²) in [5, 5.41) is 10.4. The zero-order chi connectivity index (χ0) is 13.4. The summed E-state index contributed by atoms with van der Waals surface area (Å²) in [6, 6.07) is -0.0283. The highest BCUT2D eigenvalue weighted by Gasteiger charge is 2.10. The van der Waals surface area contributed by atoms with Gasteiger partial charge in [-0.25, -0.2) is 4.79 Å². The molecule has 0 aliphatic heterocycles. The molecule has 0 fully saturated rings. The Bertz CT molecular complexity index is 337. The number of carbonyl (C=O) groups excluding carboxylic acids is 1. The lowest BCUT2D eigenvalue weighted by atomic mass is 10.4. The number of nitrogens with zero attached hydrogens (tertiary/aromatic N) is 5. The molecular weight excluding hydrogens is 232 g/mol. The average Bonchev–Trinajstić information content (AvgIpc) is 2.82. The highest BCUT2D eigenvalue weighted by Crippen LogP contribution is 1.90. The number of carbonyl (C=O) groups is 1. The lowest BCUT2D eigenvalue weighted by Crippen LogP contribution is -2.43. The molecule has 0 radical (unpaired) electrons. The Labute approximate surface area is 108 Å². The van der Waals surface area contributed by atoms with E-state index in [2.05, 4.69) is 20.5 Å². The first kappa shape index (κ1) is 14.4. The van der Waals surface area contributed by atoms with Crippen LogP contribution in [-0.2, 0) is 6.54 Å². The van der Waals surface area contributed by atoms with E-state index in [-0.39, 0.29) is 6.03 Å². The van der Waals surface area contributed by atoms with Crippen LogP contribution in [0.2, 0.25) is 0 Å². The van der Waals surface area contributed by atoms with E-state index in [1.807, 2.05) is 21.0 Å². The van der Waals surface area contributed by atoms with Crippen molar-refractivity contribution in [2.45, 2.75) is 13.5 Å². The van der Waals surface area contributed by atoms with Crippen molar-refractivity contribution in [2.75, 3.05) is 40.3 Å². The van der Waals surface area contributed by atoms with Gasteiger partial charge in [0.15, 0.2) is 0 Å². The van der Waals surface area contributed by atoms with Crippen LogP contribution in [0, 0.1) is 0 Å². The summed E-state index contributed by atoms with van der Waals surface area (Å²) in [7, 11) is 3.99. The summed E-state index contributed by atoms with van der Waals surface area (Å²) in [5.74, 6) is 0. The lowest BCUT2D eigenvalue weighted by Gasteiger charge is -2.23. The zero-order valence-electron chi connectivity index (χ0n) is 11.3. The molecule has 0 saturated heterocycles. The largest absolute Gasteiger partial charge is 0.336 e. The van der Waals surface area contributed by atoms with E-state index < -0.39 is 0 Å². The molecule has 7 heteroatoms. The van der Waals surface area contributed by atoms with Crippen LogP contribution >= 0.6 is 0 Å². The number of amides is 2. The van der Waals surface area contributed by atoms with Crippen LogP contribution < -0.4 is 5.32 Å². The molecule has 18 heavy (non-hydrogen) atoms. The van der Waals surface area contributed by atoms with Gasteiger partial charge in [0.2, 0.25) is 0 Å². The number of hydrogen-bond acceptors (Lipinski definition) is 4. The molecule has 0 spiro atoms. The van der Waals surface area contributed by atoms with Crippen molar-refractivity contribution in [3.05, 3.63) is 12.4 Å². The van der Waals surface area contributed by atoms with Crippen LogP contribution in [0.15, 0.2) is 12.4 Å². The van der Waals surface area contributed by atoms with Gasteiger partial charge in [0.1, 0.15) is 0 Å². The SMILES string of the molecule is CCN(CCN(C)C)C(=O)NCCn1ccnn1. The van der Waals surface area contributed by atoms with Gasteiger partial charge in [0, 0.05) is 32.4 Å². The maximum atomic E-state index is 11.9. The molecule has 1 aromatic rings. The molecule has 7 nitrogen and oxygen atoms in total. The van der Waals surface area contributed by atoms with Gasteiger partial charge >= 0.3 is 6.03 Å². The van der Waals surface area contributed by atoms with E-state index in [0.717, 1.165) is 13.1 Å². The number of likely N-dealkylation sites (N-methyl/N-ethyl adjacent to an activating group) is 2. The van der Waals surface area contributed by atoms with E-state index in [4.69, 9.17) is 0 Å². The van der Waals surface area contributed by atoms with Crippen LogP contribution in [0.4, 0.5) is 4.79 Å². The minimum absolute atomic E-state index is 0.0283. The Morgan fingerprint density at radius 2 is 2.17 bits per heavy atom. The minimum atomic E-state index is -0.0283. The third-order valence-corrected chi connectivity index (χ3v) is 2.58. The number of aromatic nitrogens is 3. The zero-order valence-corrected chi connectivity index (χ0v) is 11.3. The van der Waals surface area contributed by atoms with Crippen molar-refractivity contribution in [2.24, 2.45) is 0 Å². The maximum absolute atomic E-state index is 11.9. The molecule has 102 valence electrons. The first-order valence-electron chi connectivity index (χ1n) is 6.15. The summed E-state index contributed by atoms with van der Waals surface area (Å²) in [6.07, 6.45) is 3.40. The predicted molar refractivity (Wildman–Crippen MR) is 69.2 cm³/mol. The fourth-order valence-corrected chi connectivity index (χ4v) is 1.47. The monoisotopic (exact) mass is 254 g/mol. The molecule has 0 atom stereocenters. The summed E-state index contributed by atoms with van der Waals surface area (Å²) in [4.78, 5) is 15.7.